The second-order valence-corrected chi connectivity index (χ2v) is 5.92. The summed E-state index contributed by atoms with van der Waals surface area (Å²) in [6, 6.07) is 2.36. The largest absolute Gasteiger partial charge is 0.306 e. The lowest BCUT2D eigenvalue weighted by molar-refractivity contribution is 0.246. The van der Waals surface area contributed by atoms with E-state index in [1.165, 1.54) is 26.1 Å². The van der Waals surface area contributed by atoms with Crippen LogP contribution in [0, 0.1) is 22.7 Å². The van der Waals surface area contributed by atoms with Crippen molar-refractivity contribution in [2.45, 2.75) is 26.7 Å². The molecule has 1 atom stereocenters. The van der Waals surface area contributed by atoms with Crippen molar-refractivity contribution >= 4 is 0 Å². The highest BCUT2D eigenvalue weighted by Crippen LogP contribution is 2.20. The molecule has 1 saturated heterocycles. The summed E-state index contributed by atoms with van der Waals surface area (Å²) in [6.07, 6.45) is 2.28. The molecule has 1 aliphatic rings. The third-order valence-electron chi connectivity index (χ3n) is 3.48. The van der Waals surface area contributed by atoms with Crippen LogP contribution in [0.5, 0.6) is 0 Å². The van der Waals surface area contributed by atoms with Gasteiger partial charge in [-0.25, -0.2) is 0 Å². The first-order valence-electron chi connectivity index (χ1n) is 6.21. The molecule has 16 heavy (non-hydrogen) atoms. The summed E-state index contributed by atoms with van der Waals surface area (Å²) in [7, 11) is 4.37. The normalized spacial score (nSPS) is 22.6. The zero-order valence-electron chi connectivity index (χ0n) is 11.2. The molecular formula is C13H25N3. The van der Waals surface area contributed by atoms with Gasteiger partial charge in [-0.1, -0.05) is 0 Å². The van der Waals surface area contributed by atoms with E-state index in [0.717, 1.165) is 18.9 Å². The third-order valence-corrected chi connectivity index (χ3v) is 3.48. The molecule has 0 aliphatic carbocycles. The molecule has 0 aromatic heterocycles. The summed E-state index contributed by atoms with van der Waals surface area (Å²) >= 11 is 0. The molecule has 92 valence electrons. The van der Waals surface area contributed by atoms with Crippen LogP contribution in [0.4, 0.5) is 0 Å². The van der Waals surface area contributed by atoms with Crippen LogP contribution in [0.15, 0.2) is 0 Å². The van der Waals surface area contributed by atoms with Gasteiger partial charge in [0.1, 0.15) is 0 Å². The first kappa shape index (κ1) is 13.5. The number of rotatable bonds is 5. The van der Waals surface area contributed by atoms with Crippen LogP contribution in [0.1, 0.15) is 26.7 Å². The minimum absolute atomic E-state index is 0.180. The average Bonchev–Trinajstić information content (AvgIpc) is 2.61. The highest BCUT2D eigenvalue weighted by molar-refractivity contribution is 4.92. The van der Waals surface area contributed by atoms with Crippen LogP contribution < -0.4 is 0 Å². The van der Waals surface area contributed by atoms with Crippen molar-refractivity contribution in [3.63, 3.8) is 0 Å². The molecule has 3 nitrogen and oxygen atoms in total. The Balaban J connectivity index is 2.21. The zero-order chi connectivity index (χ0) is 12.2. The van der Waals surface area contributed by atoms with E-state index in [-0.39, 0.29) is 5.41 Å². The van der Waals surface area contributed by atoms with Gasteiger partial charge in [0.15, 0.2) is 0 Å². The van der Waals surface area contributed by atoms with Crippen molar-refractivity contribution in [2.75, 3.05) is 40.3 Å². The number of hydrogen-bond acceptors (Lipinski definition) is 3. The van der Waals surface area contributed by atoms with Gasteiger partial charge in [-0.2, -0.15) is 5.26 Å². The van der Waals surface area contributed by atoms with Gasteiger partial charge in [0, 0.05) is 13.1 Å². The van der Waals surface area contributed by atoms with Gasteiger partial charge in [0.25, 0.3) is 0 Å². The van der Waals surface area contributed by atoms with Gasteiger partial charge >= 0.3 is 0 Å². The van der Waals surface area contributed by atoms with Crippen LogP contribution in [0.25, 0.3) is 0 Å². The van der Waals surface area contributed by atoms with Crippen molar-refractivity contribution < 1.29 is 0 Å². The molecule has 1 fully saturated rings. The average molecular weight is 223 g/mol. The number of nitriles is 1. The topological polar surface area (TPSA) is 30.3 Å². The highest BCUT2D eigenvalue weighted by atomic mass is 15.1. The van der Waals surface area contributed by atoms with Crippen LogP contribution >= 0.6 is 0 Å². The molecule has 0 aromatic carbocycles. The van der Waals surface area contributed by atoms with Gasteiger partial charge in [-0.05, 0) is 59.8 Å². The quantitative estimate of drug-likeness (QED) is 0.712. The summed E-state index contributed by atoms with van der Waals surface area (Å²) in [5, 5.41) is 8.95. The van der Waals surface area contributed by atoms with E-state index in [0.29, 0.717) is 0 Å². The maximum Gasteiger partial charge on any atom is 0.0684 e. The predicted molar refractivity (Wildman–Crippen MR) is 67.1 cm³/mol. The van der Waals surface area contributed by atoms with Crippen LogP contribution in [0.3, 0.4) is 0 Å². The van der Waals surface area contributed by atoms with Gasteiger partial charge in [-0.3, -0.25) is 0 Å². The van der Waals surface area contributed by atoms with E-state index >= 15 is 0 Å². The number of hydrogen-bond donors (Lipinski definition) is 0. The molecule has 1 rings (SSSR count). The van der Waals surface area contributed by atoms with Crippen molar-refractivity contribution in [2.24, 2.45) is 11.3 Å². The standard InChI is InChI=1S/C13H25N3/c1-13(2,11-14)6-8-16(4)10-12-5-7-15(3)9-12/h12H,5-10H2,1-4H3. The lowest BCUT2D eigenvalue weighted by atomic mass is 9.91. The Morgan fingerprint density at radius 3 is 2.69 bits per heavy atom. The molecule has 0 N–H and O–H groups in total. The van der Waals surface area contributed by atoms with E-state index in [9.17, 15) is 0 Å². The molecule has 3 heteroatoms. The molecule has 1 aliphatic heterocycles. The second kappa shape index (κ2) is 5.65. The second-order valence-electron chi connectivity index (χ2n) is 5.92. The molecular weight excluding hydrogens is 198 g/mol. The Bertz CT molecular complexity index is 254. The minimum Gasteiger partial charge on any atom is -0.306 e. The summed E-state index contributed by atoms with van der Waals surface area (Å²) < 4.78 is 0. The summed E-state index contributed by atoms with van der Waals surface area (Å²) in [6.45, 7) is 8.70. The Kier molecular flexibility index (Phi) is 4.76. The van der Waals surface area contributed by atoms with Gasteiger partial charge < -0.3 is 9.80 Å². The maximum atomic E-state index is 8.95. The Labute approximate surface area is 100 Å². The van der Waals surface area contributed by atoms with Crippen molar-refractivity contribution in [1.29, 1.82) is 5.26 Å². The fourth-order valence-electron chi connectivity index (χ4n) is 2.23. The molecule has 0 aromatic rings. The van der Waals surface area contributed by atoms with Crippen LogP contribution in [-0.2, 0) is 0 Å². The predicted octanol–water partition coefficient (Wildman–Crippen LogP) is 1.81. The molecule has 0 spiro atoms. The van der Waals surface area contributed by atoms with E-state index in [4.69, 9.17) is 5.26 Å². The SMILES string of the molecule is CN1CCC(CN(C)CCC(C)(C)C#N)C1. The van der Waals surface area contributed by atoms with E-state index in [1.807, 2.05) is 13.8 Å². The first-order valence-corrected chi connectivity index (χ1v) is 6.21. The molecule has 0 bridgehead atoms. The van der Waals surface area contributed by atoms with Crippen molar-refractivity contribution in [3.8, 4) is 6.07 Å². The van der Waals surface area contributed by atoms with Gasteiger partial charge in [-0.15, -0.1) is 0 Å². The third kappa shape index (κ3) is 4.51. The lowest BCUT2D eigenvalue weighted by Crippen LogP contribution is -2.30. The van der Waals surface area contributed by atoms with Gasteiger partial charge in [0.2, 0.25) is 0 Å². The van der Waals surface area contributed by atoms with Crippen LogP contribution in [0.2, 0.25) is 0 Å². The molecule has 0 amide bonds. The fourth-order valence-corrected chi connectivity index (χ4v) is 2.23. The van der Waals surface area contributed by atoms with E-state index in [2.05, 4.69) is 30.0 Å². The van der Waals surface area contributed by atoms with Gasteiger partial charge in [0.05, 0.1) is 11.5 Å². The monoisotopic (exact) mass is 223 g/mol. The highest BCUT2D eigenvalue weighted by Gasteiger charge is 2.22. The zero-order valence-corrected chi connectivity index (χ0v) is 11.2. The summed E-state index contributed by atoms with van der Waals surface area (Å²) in [4.78, 5) is 4.78. The van der Waals surface area contributed by atoms with Crippen LogP contribution in [-0.4, -0.2) is 50.1 Å². The van der Waals surface area contributed by atoms with E-state index in [1.54, 1.807) is 0 Å². The minimum atomic E-state index is -0.180. The Morgan fingerprint density at radius 2 is 2.19 bits per heavy atom. The van der Waals surface area contributed by atoms with E-state index < -0.39 is 0 Å². The number of likely N-dealkylation sites (tertiary alicyclic amines) is 1. The molecule has 1 heterocycles. The molecule has 1 unspecified atom stereocenters. The lowest BCUT2D eigenvalue weighted by Gasteiger charge is -2.24. The maximum absolute atomic E-state index is 8.95. The molecule has 0 saturated carbocycles. The number of nitrogens with zero attached hydrogens (tertiary/aromatic N) is 3. The Hall–Kier alpha value is -0.590. The smallest absolute Gasteiger partial charge is 0.0684 e. The Morgan fingerprint density at radius 1 is 1.50 bits per heavy atom. The summed E-state index contributed by atoms with van der Waals surface area (Å²) in [5.41, 5.74) is -0.180. The first-order chi connectivity index (χ1) is 7.43. The molecule has 0 radical (unpaired) electrons. The summed E-state index contributed by atoms with van der Waals surface area (Å²) in [5.74, 6) is 0.820. The fraction of sp³-hybridized carbons (Fsp3) is 0.923. The van der Waals surface area contributed by atoms with Crippen molar-refractivity contribution in [3.05, 3.63) is 0 Å². The van der Waals surface area contributed by atoms with Crippen molar-refractivity contribution in [1.82, 2.24) is 9.80 Å².